The summed E-state index contributed by atoms with van der Waals surface area (Å²) >= 11 is 0. The first-order valence-corrected chi connectivity index (χ1v) is 24.4. The summed E-state index contributed by atoms with van der Waals surface area (Å²) in [5, 5.41) is 2.29. The maximum atomic E-state index is 5.43. The van der Waals surface area contributed by atoms with Crippen LogP contribution in [0.2, 0.25) is 0 Å². The lowest BCUT2D eigenvalue weighted by Crippen LogP contribution is -2.45. The summed E-state index contributed by atoms with van der Waals surface area (Å²) in [5.74, 6) is 1.19. The van der Waals surface area contributed by atoms with E-state index >= 15 is 0 Å². The monoisotopic (exact) mass is 900 g/mol. The molecule has 3 aliphatic carbocycles. The average Bonchev–Trinajstić information content (AvgIpc) is 3.95. The number of nitrogens with zero attached hydrogens (tertiary/aromatic N) is 6. The van der Waals surface area contributed by atoms with Crippen LogP contribution in [0, 0.1) is 5.92 Å². The molecule has 0 radical (unpaired) electrons. The standard InChI is InChI=1S/C64H48N6/c1-64-40-44(32-33-56(64)50-19-7-6-18-48(50)49-20-8-11-25-55(49)64)41-28-30-42(31-29-41)57-39-58(67-61(66-57)43-16-4-3-5-17-43)45-36-46(69-59-26-12-9-21-51(59)53-23-14-34-65-62(53)69)38-47(37-45)70-60-27-13-10-22-52(60)54-24-15-35-68(2)63(54)70/h3-40,52,56,60,63H,1-2H3. The first-order chi connectivity index (χ1) is 34.5. The van der Waals surface area contributed by atoms with E-state index in [2.05, 4.69) is 241 Å². The highest BCUT2D eigenvalue weighted by molar-refractivity contribution is 6.08. The number of allylic oxidation sites excluding steroid dienone is 8. The van der Waals surface area contributed by atoms with Gasteiger partial charge in [-0.05, 0) is 87.5 Å². The summed E-state index contributed by atoms with van der Waals surface area (Å²) < 4.78 is 2.32. The molecule has 5 heterocycles. The van der Waals surface area contributed by atoms with Crippen LogP contribution in [0.25, 0.3) is 78.2 Å². The second-order valence-corrected chi connectivity index (χ2v) is 19.5. The van der Waals surface area contributed by atoms with E-state index in [1.165, 1.54) is 44.3 Å². The van der Waals surface area contributed by atoms with Crippen molar-refractivity contribution in [1.29, 1.82) is 0 Å². The lowest BCUT2D eigenvalue weighted by atomic mass is 9.60. The quantitative estimate of drug-likeness (QED) is 0.166. The van der Waals surface area contributed by atoms with Gasteiger partial charge in [0.2, 0.25) is 0 Å². The summed E-state index contributed by atoms with van der Waals surface area (Å²) in [4.78, 5) is 20.7. The van der Waals surface area contributed by atoms with Crippen LogP contribution in [0.4, 0.5) is 5.69 Å². The van der Waals surface area contributed by atoms with Crippen molar-refractivity contribution < 1.29 is 0 Å². The number of aromatic nitrogens is 4. The Kier molecular flexibility index (Phi) is 9.09. The van der Waals surface area contributed by atoms with Crippen LogP contribution in [0.1, 0.15) is 29.5 Å². The first-order valence-electron chi connectivity index (χ1n) is 24.4. The Morgan fingerprint density at radius 3 is 2.20 bits per heavy atom. The number of benzene rings is 6. The number of pyridine rings is 1. The van der Waals surface area contributed by atoms with E-state index in [0.717, 1.165) is 56.0 Å². The molecule has 334 valence electrons. The molecule has 5 aliphatic rings. The van der Waals surface area contributed by atoms with Crippen molar-refractivity contribution in [3.05, 3.63) is 253 Å². The van der Waals surface area contributed by atoms with Gasteiger partial charge in [0, 0.05) is 69.8 Å². The Morgan fingerprint density at radius 2 is 1.31 bits per heavy atom. The Bertz CT molecular complexity index is 3740. The van der Waals surface area contributed by atoms with Crippen molar-refractivity contribution >= 4 is 33.2 Å². The molecule has 9 aromatic rings. The van der Waals surface area contributed by atoms with Gasteiger partial charge in [-0.2, -0.15) is 0 Å². The largest absolute Gasteiger partial charge is 0.357 e. The Hall–Kier alpha value is -8.61. The highest BCUT2D eigenvalue weighted by atomic mass is 15.4. The number of hydrogen-bond donors (Lipinski definition) is 0. The van der Waals surface area contributed by atoms with Gasteiger partial charge in [-0.15, -0.1) is 0 Å². The fourth-order valence-corrected chi connectivity index (χ4v) is 12.3. The molecule has 0 N–H and O–H groups in total. The summed E-state index contributed by atoms with van der Waals surface area (Å²) in [6.07, 6.45) is 25.0. The van der Waals surface area contributed by atoms with Crippen LogP contribution in [-0.4, -0.2) is 43.7 Å². The molecule has 5 atom stereocenters. The highest BCUT2D eigenvalue weighted by Gasteiger charge is 2.46. The molecule has 6 heteroatoms. The van der Waals surface area contributed by atoms with Gasteiger partial charge in [0.25, 0.3) is 0 Å². The maximum Gasteiger partial charge on any atom is 0.160 e. The predicted octanol–water partition coefficient (Wildman–Crippen LogP) is 14.3. The van der Waals surface area contributed by atoms with Gasteiger partial charge in [-0.25, -0.2) is 15.0 Å². The molecule has 3 aromatic heterocycles. The van der Waals surface area contributed by atoms with E-state index in [-0.39, 0.29) is 29.5 Å². The number of para-hydroxylation sites is 1. The average molecular weight is 901 g/mol. The molecule has 0 saturated carbocycles. The van der Waals surface area contributed by atoms with E-state index in [1.807, 2.05) is 18.3 Å². The van der Waals surface area contributed by atoms with Gasteiger partial charge >= 0.3 is 0 Å². The molecular formula is C64H48N6. The molecule has 5 unspecified atom stereocenters. The van der Waals surface area contributed by atoms with Crippen LogP contribution >= 0.6 is 0 Å². The molecule has 70 heavy (non-hydrogen) atoms. The number of fused-ring (bicyclic) bond motifs is 12. The zero-order valence-electron chi connectivity index (χ0n) is 38.9. The van der Waals surface area contributed by atoms with Crippen LogP contribution in [0.5, 0.6) is 0 Å². The molecule has 1 saturated heterocycles. The van der Waals surface area contributed by atoms with Crippen LogP contribution in [0.15, 0.2) is 236 Å². The van der Waals surface area contributed by atoms with E-state index in [1.54, 1.807) is 0 Å². The lowest BCUT2D eigenvalue weighted by molar-refractivity contribution is 0.369. The lowest BCUT2D eigenvalue weighted by Gasteiger charge is -2.43. The Balaban J connectivity index is 0.922. The summed E-state index contributed by atoms with van der Waals surface area (Å²) in [6.45, 7) is 2.40. The smallest absolute Gasteiger partial charge is 0.160 e. The molecule has 6 nitrogen and oxygen atoms in total. The zero-order chi connectivity index (χ0) is 46.5. The minimum atomic E-state index is -0.191. The second kappa shape index (κ2) is 15.7. The normalized spacial score (nSPS) is 21.5. The van der Waals surface area contributed by atoms with Gasteiger partial charge in [0.1, 0.15) is 11.8 Å². The molecule has 6 aromatic carbocycles. The third kappa shape index (κ3) is 6.22. The molecule has 0 bridgehead atoms. The zero-order valence-corrected chi connectivity index (χ0v) is 38.9. The van der Waals surface area contributed by atoms with Gasteiger partial charge in [0.15, 0.2) is 5.82 Å². The SMILES string of the molecule is CN1C=CC=C2C3C=CC=CC3N(c3cc(-c4cc(-c5ccc(C6=CC7(C)c8ccccc8-c8ccccc8C7C=C6)cc5)nc(-c5ccccc5)n4)cc(-n4c5ccccc5c5cccnc54)c3)C21. The fourth-order valence-electron chi connectivity index (χ4n) is 12.3. The summed E-state index contributed by atoms with van der Waals surface area (Å²) in [6, 6.07) is 59.3. The molecule has 0 spiro atoms. The van der Waals surface area contributed by atoms with Gasteiger partial charge in [0.05, 0.1) is 28.6 Å². The summed E-state index contributed by atoms with van der Waals surface area (Å²) in [5.41, 5.74) is 17.9. The van der Waals surface area contributed by atoms with E-state index in [4.69, 9.17) is 15.0 Å². The van der Waals surface area contributed by atoms with Crippen molar-refractivity contribution in [1.82, 2.24) is 24.4 Å². The fraction of sp³-hybridized carbons (Fsp3) is 0.109. The van der Waals surface area contributed by atoms with Crippen molar-refractivity contribution in [3.8, 4) is 50.7 Å². The molecular weight excluding hydrogens is 853 g/mol. The van der Waals surface area contributed by atoms with Crippen LogP contribution in [-0.2, 0) is 5.41 Å². The number of anilines is 1. The Morgan fingerprint density at radius 1 is 0.586 bits per heavy atom. The van der Waals surface area contributed by atoms with Crippen molar-refractivity contribution in [2.45, 2.75) is 30.5 Å². The van der Waals surface area contributed by atoms with Crippen LogP contribution in [0.3, 0.4) is 0 Å². The molecule has 2 aliphatic heterocycles. The molecule has 14 rings (SSSR count). The minimum Gasteiger partial charge on any atom is -0.357 e. The highest BCUT2D eigenvalue weighted by Crippen LogP contribution is 2.55. The molecule has 1 fully saturated rings. The van der Waals surface area contributed by atoms with E-state index in [0.29, 0.717) is 5.82 Å². The Labute approximate surface area is 408 Å². The van der Waals surface area contributed by atoms with E-state index < -0.39 is 0 Å². The number of likely N-dealkylation sites (N-methyl/N-ethyl adjacent to an activating group) is 1. The van der Waals surface area contributed by atoms with Crippen molar-refractivity contribution in [3.63, 3.8) is 0 Å². The van der Waals surface area contributed by atoms with Gasteiger partial charge in [-0.1, -0.05) is 177 Å². The van der Waals surface area contributed by atoms with Crippen molar-refractivity contribution in [2.75, 3.05) is 11.9 Å². The van der Waals surface area contributed by atoms with E-state index in [9.17, 15) is 0 Å². The topological polar surface area (TPSA) is 50.1 Å². The van der Waals surface area contributed by atoms with Gasteiger partial charge < -0.3 is 9.80 Å². The number of rotatable bonds is 6. The third-order valence-electron chi connectivity index (χ3n) is 15.5. The maximum absolute atomic E-state index is 5.43. The number of hydrogen-bond acceptors (Lipinski definition) is 5. The minimum absolute atomic E-state index is 0.0393. The third-order valence-corrected chi connectivity index (χ3v) is 15.5. The van der Waals surface area contributed by atoms with Gasteiger partial charge in [-0.3, -0.25) is 4.57 Å². The van der Waals surface area contributed by atoms with Crippen molar-refractivity contribution in [2.24, 2.45) is 5.92 Å². The molecule has 0 amide bonds. The second-order valence-electron chi connectivity index (χ2n) is 19.5. The summed E-state index contributed by atoms with van der Waals surface area (Å²) in [7, 11) is 2.19. The van der Waals surface area contributed by atoms with Crippen LogP contribution < -0.4 is 4.90 Å². The first kappa shape index (κ1) is 40.5. The predicted molar refractivity (Wildman–Crippen MR) is 286 cm³/mol.